The van der Waals surface area contributed by atoms with Crippen LogP contribution in [0.2, 0.25) is 0 Å². The Balaban J connectivity index is 1.23. The van der Waals surface area contributed by atoms with Crippen LogP contribution in [-0.2, 0) is 4.74 Å². The smallest absolute Gasteiger partial charge is 0.0638 e. The van der Waals surface area contributed by atoms with Gasteiger partial charge in [-0.1, -0.05) is 39.3 Å². The Morgan fingerprint density at radius 3 is 2.52 bits per heavy atom. The molecule has 6 fully saturated rings. The fourth-order valence-electron chi connectivity index (χ4n) is 11.2. The van der Waals surface area contributed by atoms with Crippen LogP contribution in [0.5, 0.6) is 0 Å². The van der Waals surface area contributed by atoms with E-state index in [4.69, 9.17) is 4.74 Å². The van der Waals surface area contributed by atoms with Crippen molar-refractivity contribution in [2.45, 2.75) is 105 Å². The predicted octanol–water partition coefficient (Wildman–Crippen LogP) is 7.90. The maximum atomic E-state index is 6.31. The van der Waals surface area contributed by atoms with E-state index in [1.807, 2.05) is 7.11 Å². The summed E-state index contributed by atoms with van der Waals surface area (Å²) < 4.78 is 6.31. The fraction of sp³-hybridized carbons (Fsp3) is 0.933. The first-order valence-corrected chi connectivity index (χ1v) is 14.0. The minimum atomic E-state index is 0.540. The quantitative estimate of drug-likeness (QED) is 0.408. The van der Waals surface area contributed by atoms with Crippen molar-refractivity contribution in [2.75, 3.05) is 7.11 Å². The predicted molar refractivity (Wildman–Crippen MR) is 129 cm³/mol. The number of methoxy groups -OCH3 is 1. The number of fused-ring (bicyclic) bond motifs is 4. The van der Waals surface area contributed by atoms with Crippen molar-refractivity contribution in [3.05, 3.63) is 11.6 Å². The number of hydrogen-bond donors (Lipinski definition) is 0. The largest absolute Gasteiger partial charge is 0.381 e. The standard InChI is InChI=1S/C30H48O/c1-18(22-15-20(22)3)7-8-19(2)24-9-10-25-23-16-27(31-6)30-17-21(30)11-14-29(30,5)26(23)12-13-28(24,25)4/h8,18,20-27H,7,9-17H2,1-6H3/b19-8-/t18-,20-,21-,22+,23+,24-,25+,26+,27-,28-,29-,30+/m1/s1. The first-order chi connectivity index (χ1) is 14.8. The van der Waals surface area contributed by atoms with Gasteiger partial charge in [0.25, 0.3) is 0 Å². The molecule has 6 aliphatic carbocycles. The van der Waals surface area contributed by atoms with E-state index < -0.39 is 0 Å². The normalized spacial score (nSPS) is 58.2. The van der Waals surface area contributed by atoms with Crippen LogP contribution in [0.1, 0.15) is 98.8 Å². The lowest BCUT2D eigenvalue weighted by molar-refractivity contribution is -0.158. The average molecular weight is 425 g/mol. The highest BCUT2D eigenvalue weighted by Crippen LogP contribution is 2.82. The summed E-state index contributed by atoms with van der Waals surface area (Å²) in [4.78, 5) is 0. The average Bonchev–Trinajstić information content (AvgIpc) is 3.60. The van der Waals surface area contributed by atoms with E-state index in [0.717, 1.165) is 47.3 Å². The summed E-state index contributed by atoms with van der Waals surface area (Å²) in [5.41, 5.74) is 3.43. The first kappa shape index (κ1) is 21.2. The Labute approximate surface area is 192 Å². The van der Waals surface area contributed by atoms with Crippen molar-refractivity contribution in [1.29, 1.82) is 0 Å². The highest BCUT2D eigenvalue weighted by atomic mass is 16.5. The molecule has 174 valence electrons. The van der Waals surface area contributed by atoms with Gasteiger partial charge in [-0.2, -0.15) is 0 Å². The molecular formula is C30H48O. The summed E-state index contributed by atoms with van der Waals surface area (Å²) >= 11 is 0. The maximum absolute atomic E-state index is 6.31. The first-order valence-electron chi connectivity index (χ1n) is 14.0. The summed E-state index contributed by atoms with van der Waals surface area (Å²) in [5, 5.41) is 0. The molecule has 6 rings (SSSR count). The van der Waals surface area contributed by atoms with E-state index in [1.54, 1.807) is 5.57 Å². The SMILES string of the molecule is CO[C@@H]1C[C@H]2[C@@H]3CC[C@H](/C(C)=C\C[C@@H](C)[C@@H]4C[C@H]4C)[C@@]3(C)CC[C@@H]2[C@@]2(C)CC[C@@H]3C[C@]312. The number of rotatable bonds is 5. The minimum Gasteiger partial charge on any atom is -0.381 e. The van der Waals surface area contributed by atoms with Gasteiger partial charge in [0.1, 0.15) is 0 Å². The molecule has 0 aliphatic heterocycles. The second-order valence-electron chi connectivity index (χ2n) is 13.9. The molecule has 0 saturated heterocycles. The van der Waals surface area contributed by atoms with Gasteiger partial charge in [0.2, 0.25) is 0 Å². The molecule has 0 bridgehead atoms. The Morgan fingerprint density at radius 2 is 1.84 bits per heavy atom. The van der Waals surface area contributed by atoms with Gasteiger partial charge in [0.15, 0.2) is 0 Å². The summed E-state index contributed by atoms with van der Waals surface area (Å²) in [5.74, 6) is 7.54. The van der Waals surface area contributed by atoms with Gasteiger partial charge in [0.05, 0.1) is 6.10 Å². The molecule has 0 aromatic rings. The molecule has 12 atom stereocenters. The Morgan fingerprint density at radius 1 is 1.06 bits per heavy atom. The lowest BCUT2D eigenvalue weighted by atomic mass is 9.45. The zero-order valence-electron chi connectivity index (χ0n) is 21.3. The van der Waals surface area contributed by atoms with Crippen LogP contribution in [0.3, 0.4) is 0 Å². The second-order valence-corrected chi connectivity index (χ2v) is 13.9. The van der Waals surface area contributed by atoms with Crippen LogP contribution in [-0.4, -0.2) is 13.2 Å². The summed E-state index contributed by atoms with van der Waals surface area (Å²) in [6.07, 6.45) is 17.8. The molecular weight excluding hydrogens is 376 g/mol. The van der Waals surface area contributed by atoms with Crippen molar-refractivity contribution in [3.63, 3.8) is 0 Å². The lowest BCUT2D eigenvalue weighted by Gasteiger charge is -2.60. The van der Waals surface area contributed by atoms with Crippen LogP contribution < -0.4 is 0 Å². The van der Waals surface area contributed by atoms with Gasteiger partial charge in [-0.05, 0) is 129 Å². The third kappa shape index (κ3) is 2.71. The summed E-state index contributed by atoms with van der Waals surface area (Å²) in [6, 6.07) is 0. The zero-order chi connectivity index (χ0) is 21.8. The van der Waals surface area contributed by atoms with Crippen LogP contribution in [0.15, 0.2) is 11.6 Å². The van der Waals surface area contributed by atoms with Crippen LogP contribution in [0.25, 0.3) is 0 Å². The third-order valence-electron chi connectivity index (χ3n) is 13.1. The highest BCUT2D eigenvalue weighted by molar-refractivity contribution is 5.27. The van der Waals surface area contributed by atoms with E-state index in [-0.39, 0.29) is 0 Å². The van der Waals surface area contributed by atoms with E-state index in [1.165, 1.54) is 64.2 Å². The Hall–Kier alpha value is -0.300. The molecule has 0 N–H and O–H groups in total. The minimum absolute atomic E-state index is 0.540. The molecule has 1 spiro atoms. The van der Waals surface area contributed by atoms with Crippen LogP contribution >= 0.6 is 0 Å². The molecule has 0 unspecified atom stereocenters. The van der Waals surface area contributed by atoms with E-state index >= 15 is 0 Å². The van der Waals surface area contributed by atoms with Crippen molar-refractivity contribution in [3.8, 4) is 0 Å². The topological polar surface area (TPSA) is 9.23 Å². The number of allylic oxidation sites excluding steroid dienone is 2. The zero-order valence-corrected chi connectivity index (χ0v) is 21.3. The third-order valence-corrected chi connectivity index (χ3v) is 13.1. The molecule has 0 amide bonds. The van der Waals surface area contributed by atoms with Crippen LogP contribution in [0.4, 0.5) is 0 Å². The second kappa shape index (κ2) is 6.86. The Bertz CT molecular complexity index is 768. The van der Waals surface area contributed by atoms with Gasteiger partial charge in [-0.25, -0.2) is 0 Å². The van der Waals surface area contributed by atoms with Gasteiger partial charge in [0, 0.05) is 12.5 Å². The van der Waals surface area contributed by atoms with Crippen LogP contribution in [0, 0.1) is 63.6 Å². The van der Waals surface area contributed by atoms with E-state index in [2.05, 4.69) is 40.7 Å². The van der Waals surface area contributed by atoms with Gasteiger partial charge < -0.3 is 4.74 Å². The van der Waals surface area contributed by atoms with Crippen molar-refractivity contribution >= 4 is 0 Å². The summed E-state index contributed by atoms with van der Waals surface area (Å²) in [7, 11) is 2.03. The van der Waals surface area contributed by atoms with E-state index in [0.29, 0.717) is 22.3 Å². The summed E-state index contributed by atoms with van der Waals surface area (Å²) in [6.45, 7) is 12.9. The van der Waals surface area contributed by atoms with Crippen molar-refractivity contribution in [1.82, 2.24) is 0 Å². The highest BCUT2D eigenvalue weighted by Gasteiger charge is 2.77. The molecule has 6 aliphatic rings. The lowest BCUT2D eigenvalue weighted by Crippen LogP contribution is -2.56. The fourth-order valence-corrected chi connectivity index (χ4v) is 11.2. The van der Waals surface area contributed by atoms with Gasteiger partial charge in [-0.3, -0.25) is 0 Å². The Kier molecular flexibility index (Phi) is 4.70. The van der Waals surface area contributed by atoms with Crippen molar-refractivity contribution in [2.24, 2.45) is 63.6 Å². The molecule has 1 heteroatoms. The van der Waals surface area contributed by atoms with E-state index in [9.17, 15) is 0 Å². The monoisotopic (exact) mass is 424 g/mol. The molecule has 0 radical (unpaired) electrons. The number of ether oxygens (including phenoxy) is 1. The molecule has 6 saturated carbocycles. The molecule has 31 heavy (non-hydrogen) atoms. The molecule has 0 heterocycles. The molecule has 0 aromatic heterocycles. The van der Waals surface area contributed by atoms with Gasteiger partial charge in [-0.15, -0.1) is 0 Å². The molecule has 0 aromatic carbocycles. The van der Waals surface area contributed by atoms with Gasteiger partial charge >= 0.3 is 0 Å². The van der Waals surface area contributed by atoms with Crippen molar-refractivity contribution < 1.29 is 4.74 Å². The maximum Gasteiger partial charge on any atom is 0.0638 e. The number of hydrogen-bond acceptors (Lipinski definition) is 1. The molecule has 1 nitrogen and oxygen atoms in total.